The van der Waals surface area contributed by atoms with Crippen LogP contribution in [0.5, 0.6) is 0 Å². The zero-order valence-electron chi connectivity index (χ0n) is 3.86. The van der Waals surface area contributed by atoms with Crippen LogP contribution in [0.4, 0.5) is 0 Å². The molecule has 0 aliphatic carbocycles. The first kappa shape index (κ1) is 4.18. The second-order valence-corrected chi connectivity index (χ2v) is 1.43. The van der Waals surface area contributed by atoms with Crippen molar-refractivity contribution >= 4 is 5.91 Å². The third-order valence-corrected chi connectivity index (χ3v) is 0.928. The summed E-state index contributed by atoms with van der Waals surface area (Å²) in [7, 11) is 0. The fourth-order valence-electron chi connectivity index (χ4n) is 0.340. The van der Waals surface area contributed by atoms with Gasteiger partial charge in [-0.3, -0.25) is 10.1 Å². The molecule has 3 heteroatoms. The Morgan fingerprint density at radius 3 is 2.29 bits per heavy atom. The van der Waals surface area contributed by atoms with E-state index in [-0.39, 0.29) is 11.8 Å². The molecule has 1 amide bonds. The summed E-state index contributed by atoms with van der Waals surface area (Å²) in [6, 6.07) is 0. The van der Waals surface area contributed by atoms with Crippen LogP contribution in [0.15, 0.2) is 11.5 Å². The van der Waals surface area contributed by atoms with Gasteiger partial charge in [-0.1, -0.05) is 0 Å². The maximum atomic E-state index is 10.1. The van der Waals surface area contributed by atoms with Gasteiger partial charge in [-0.25, -0.2) is 0 Å². The number of hydrogen-bond acceptors (Lipinski definition) is 2. The lowest BCUT2D eigenvalue weighted by Crippen LogP contribution is -2.35. The topological polar surface area (TPSA) is 49.3 Å². The van der Waals surface area contributed by atoms with Gasteiger partial charge in [-0.15, -0.1) is 0 Å². The van der Waals surface area contributed by atoms with Crippen LogP contribution in [0.3, 0.4) is 0 Å². The molecule has 1 aliphatic rings. The summed E-state index contributed by atoms with van der Waals surface area (Å²) in [6.07, 6.45) is 0. The van der Waals surface area contributed by atoms with E-state index in [9.17, 15) is 4.79 Å². The molecule has 3 nitrogen and oxygen atoms in total. The van der Waals surface area contributed by atoms with Crippen molar-refractivity contribution in [3.05, 3.63) is 11.5 Å². The van der Waals surface area contributed by atoms with Gasteiger partial charge in [0.15, 0.2) is 5.88 Å². The fraction of sp³-hybridized carbons (Fsp3) is 0.250. The molecular weight excluding hydrogens is 94.0 g/mol. The quantitative estimate of drug-likeness (QED) is 0.445. The van der Waals surface area contributed by atoms with Crippen molar-refractivity contribution < 1.29 is 9.90 Å². The monoisotopic (exact) mass is 99.0 g/mol. The van der Waals surface area contributed by atoms with E-state index in [2.05, 4.69) is 5.32 Å². The van der Waals surface area contributed by atoms with E-state index >= 15 is 0 Å². The Labute approximate surface area is 40.6 Å². The molecule has 0 saturated carbocycles. The second kappa shape index (κ2) is 0.992. The third kappa shape index (κ3) is 0.374. The maximum absolute atomic E-state index is 10.1. The summed E-state index contributed by atoms with van der Waals surface area (Å²) in [4.78, 5) is 10.1. The Hall–Kier alpha value is -0.990. The molecule has 2 N–H and O–H groups in total. The van der Waals surface area contributed by atoms with E-state index in [0.717, 1.165) is 0 Å². The van der Waals surface area contributed by atoms with Crippen LogP contribution in [0.1, 0.15) is 6.92 Å². The van der Waals surface area contributed by atoms with Crippen LogP contribution in [0, 0.1) is 0 Å². The van der Waals surface area contributed by atoms with Gasteiger partial charge in [0.25, 0.3) is 5.91 Å². The second-order valence-electron chi connectivity index (χ2n) is 1.43. The largest absolute Gasteiger partial charge is 0.494 e. The van der Waals surface area contributed by atoms with Crippen molar-refractivity contribution in [1.29, 1.82) is 0 Å². The lowest BCUT2D eigenvalue weighted by molar-refractivity contribution is -0.120. The fourth-order valence-corrected chi connectivity index (χ4v) is 0.340. The highest BCUT2D eigenvalue weighted by molar-refractivity contribution is 6.00. The van der Waals surface area contributed by atoms with Crippen LogP contribution >= 0.6 is 0 Å². The molecule has 0 spiro atoms. The average Bonchev–Trinajstić information content (AvgIpc) is 1.68. The Bertz CT molecular complexity index is 148. The molecule has 1 rings (SSSR count). The van der Waals surface area contributed by atoms with Gasteiger partial charge >= 0.3 is 0 Å². The number of nitrogens with one attached hydrogen (secondary N) is 1. The van der Waals surface area contributed by atoms with Crippen LogP contribution in [-0.4, -0.2) is 11.0 Å². The first-order valence-electron chi connectivity index (χ1n) is 1.93. The van der Waals surface area contributed by atoms with Gasteiger partial charge in [0, 0.05) is 0 Å². The molecule has 0 bridgehead atoms. The minimum atomic E-state index is -0.183. The zero-order valence-corrected chi connectivity index (χ0v) is 3.86. The molecule has 0 atom stereocenters. The Morgan fingerprint density at radius 1 is 1.71 bits per heavy atom. The highest BCUT2D eigenvalue weighted by Gasteiger charge is 2.20. The first-order chi connectivity index (χ1) is 3.22. The van der Waals surface area contributed by atoms with Crippen LogP contribution in [-0.2, 0) is 4.79 Å². The van der Waals surface area contributed by atoms with Crippen molar-refractivity contribution in [2.24, 2.45) is 0 Å². The van der Waals surface area contributed by atoms with Crippen molar-refractivity contribution in [1.82, 2.24) is 5.32 Å². The third-order valence-electron chi connectivity index (χ3n) is 0.928. The number of amides is 1. The first-order valence-corrected chi connectivity index (χ1v) is 1.93. The summed E-state index contributed by atoms with van der Waals surface area (Å²) in [6.45, 7) is 1.56. The highest BCUT2D eigenvalue weighted by Crippen LogP contribution is 2.06. The van der Waals surface area contributed by atoms with E-state index < -0.39 is 0 Å². The van der Waals surface area contributed by atoms with Crippen molar-refractivity contribution in [2.45, 2.75) is 6.92 Å². The Kier molecular flexibility index (Phi) is 0.592. The molecule has 0 saturated heterocycles. The predicted molar refractivity (Wildman–Crippen MR) is 23.5 cm³/mol. The van der Waals surface area contributed by atoms with E-state index in [0.29, 0.717) is 5.57 Å². The standard InChI is InChI=1S/C4H5NO2/c1-2-3(6)5-4(2)7/h1H3,(H2,5,6,7). The number of aliphatic hydroxyl groups is 1. The molecule has 0 radical (unpaired) electrons. The van der Waals surface area contributed by atoms with Crippen molar-refractivity contribution in [3.8, 4) is 0 Å². The molecule has 7 heavy (non-hydrogen) atoms. The van der Waals surface area contributed by atoms with Gasteiger partial charge in [-0.2, -0.15) is 0 Å². The number of carbonyl (C=O) groups excluding carboxylic acids is 1. The summed E-state index contributed by atoms with van der Waals surface area (Å²) in [5, 5.41) is 10.6. The molecular formula is C4H5NO2. The summed E-state index contributed by atoms with van der Waals surface area (Å²) < 4.78 is 0. The molecule has 38 valence electrons. The molecule has 0 aromatic carbocycles. The van der Waals surface area contributed by atoms with Crippen LogP contribution in [0.25, 0.3) is 0 Å². The average molecular weight is 99.1 g/mol. The normalized spacial score (nSPS) is 18.7. The minimum absolute atomic E-state index is 0.00463. The number of carbonyl (C=O) groups is 1. The summed E-state index contributed by atoms with van der Waals surface area (Å²) >= 11 is 0. The highest BCUT2D eigenvalue weighted by atomic mass is 16.3. The van der Waals surface area contributed by atoms with Gasteiger partial charge in [0.2, 0.25) is 0 Å². The lowest BCUT2D eigenvalue weighted by Gasteiger charge is -2.13. The molecule has 0 fully saturated rings. The predicted octanol–water partition coefficient (Wildman–Crippen LogP) is -0.0943. The Balaban J connectivity index is 2.85. The van der Waals surface area contributed by atoms with Crippen LogP contribution in [0.2, 0.25) is 0 Å². The molecule has 1 aliphatic heterocycles. The van der Waals surface area contributed by atoms with Gasteiger partial charge < -0.3 is 5.11 Å². The van der Waals surface area contributed by atoms with Gasteiger partial charge in [0.1, 0.15) is 0 Å². The number of hydrogen-bond donors (Lipinski definition) is 2. The van der Waals surface area contributed by atoms with Gasteiger partial charge in [-0.05, 0) is 6.92 Å². The SMILES string of the molecule is CC1=C(O)NC1=O. The number of rotatable bonds is 0. The van der Waals surface area contributed by atoms with E-state index in [1.165, 1.54) is 0 Å². The molecule has 1 heterocycles. The van der Waals surface area contributed by atoms with Crippen molar-refractivity contribution in [2.75, 3.05) is 0 Å². The van der Waals surface area contributed by atoms with Gasteiger partial charge in [0.05, 0.1) is 5.57 Å². The van der Waals surface area contributed by atoms with E-state index in [1.54, 1.807) is 6.92 Å². The number of aliphatic hydroxyl groups excluding tert-OH is 1. The van der Waals surface area contributed by atoms with E-state index in [1.807, 2.05) is 0 Å². The summed E-state index contributed by atoms with van der Waals surface area (Å²) in [5.74, 6) is -0.178. The Morgan fingerprint density at radius 2 is 2.29 bits per heavy atom. The van der Waals surface area contributed by atoms with Crippen LogP contribution < -0.4 is 5.32 Å². The smallest absolute Gasteiger partial charge is 0.258 e. The minimum Gasteiger partial charge on any atom is -0.494 e. The molecule has 0 aromatic rings. The lowest BCUT2D eigenvalue weighted by atomic mass is 10.2. The van der Waals surface area contributed by atoms with E-state index in [4.69, 9.17) is 5.11 Å². The maximum Gasteiger partial charge on any atom is 0.258 e. The van der Waals surface area contributed by atoms with Crippen molar-refractivity contribution in [3.63, 3.8) is 0 Å². The molecule has 0 aromatic heterocycles. The zero-order chi connectivity index (χ0) is 5.44. The molecule has 0 unspecified atom stereocenters. The summed E-state index contributed by atoms with van der Waals surface area (Å²) in [5.41, 5.74) is 0.417.